The minimum atomic E-state index is 0.603. The lowest BCUT2D eigenvalue weighted by Crippen LogP contribution is -2.53. The molecule has 4 aliphatic carbocycles. The lowest BCUT2D eigenvalue weighted by atomic mass is 9.44. The van der Waals surface area contributed by atoms with E-state index in [1.54, 1.807) is 5.56 Å². The second-order valence-corrected chi connectivity index (χ2v) is 12.0. The lowest BCUT2D eigenvalue weighted by Gasteiger charge is -2.61. The topological polar surface area (TPSA) is 3.24 Å². The van der Waals surface area contributed by atoms with Crippen molar-refractivity contribution in [2.45, 2.75) is 97.8 Å². The molecule has 4 saturated carbocycles. The highest BCUT2D eigenvalue weighted by Crippen LogP contribution is 2.68. The van der Waals surface area contributed by atoms with Gasteiger partial charge in [-0.05, 0) is 117 Å². The summed E-state index contributed by atoms with van der Waals surface area (Å²) in [6.45, 7) is 12.1. The van der Waals surface area contributed by atoms with Crippen molar-refractivity contribution >= 4 is 5.69 Å². The molecule has 5 rings (SSSR count). The molecule has 0 N–H and O–H groups in total. The molecular weight excluding hydrogens is 362 g/mol. The summed E-state index contributed by atoms with van der Waals surface area (Å²) >= 11 is 0. The van der Waals surface area contributed by atoms with Crippen LogP contribution in [0.1, 0.15) is 103 Å². The van der Waals surface area contributed by atoms with Gasteiger partial charge in [-0.2, -0.15) is 0 Å². The van der Waals surface area contributed by atoms with Crippen molar-refractivity contribution in [1.29, 1.82) is 0 Å². The fourth-order valence-electron chi connectivity index (χ4n) is 9.17. The van der Waals surface area contributed by atoms with E-state index < -0.39 is 0 Å². The van der Waals surface area contributed by atoms with Gasteiger partial charge < -0.3 is 4.90 Å². The summed E-state index contributed by atoms with van der Waals surface area (Å²) in [5.74, 6) is 4.72. The van der Waals surface area contributed by atoms with Gasteiger partial charge in [0.05, 0.1) is 0 Å². The minimum absolute atomic E-state index is 0.603. The molecule has 0 radical (unpaired) electrons. The standard InChI is InChI=1S/C29H45N/c1-5-30(6-2)22-14-12-21(13-15-22)24-20-29(4)18-9-11-25(29)23-16-19-28(3)17-8-7-10-26(28)27(23)24/h12-15,23-27H,5-11,16-20H2,1-4H3. The molecule has 1 heteroatoms. The molecule has 1 aromatic rings. The third-order valence-electron chi connectivity index (χ3n) is 10.7. The van der Waals surface area contributed by atoms with Crippen LogP contribution >= 0.6 is 0 Å². The van der Waals surface area contributed by atoms with Gasteiger partial charge in [-0.1, -0.05) is 45.2 Å². The summed E-state index contributed by atoms with van der Waals surface area (Å²) in [6.07, 6.45) is 15.0. The highest BCUT2D eigenvalue weighted by molar-refractivity contribution is 5.48. The normalized spacial score (nSPS) is 42.9. The van der Waals surface area contributed by atoms with E-state index in [9.17, 15) is 0 Å². The fraction of sp³-hybridized carbons (Fsp3) is 0.793. The van der Waals surface area contributed by atoms with Gasteiger partial charge in [-0.25, -0.2) is 0 Å². The Morgan fingerprint density at radius 3 is 2.23 bits per heavy atom. The smallest absolute Gasteiger partial charge is 0.0366 e. The summed E-state index contributed by atoms with van der Waals surface area (Å²) in [4.78, 5) is 2.49. The van der Waals surface area contributed by atoms with Gasteiger partial charge in [0.25, 0.3) is 0 Å². The Kier molecular flexibility index (Phi) is 5.47. The van der Waals surface area contributed by atoms with Crippen LogP contribution in [0.15, 0.2) is 24.3 Å². The zero-order valence-electron chi connectivity index (χ0n) is 20.1. The second kappa shape index (κ2) is 7.86. The first-order valence-electron chi connectivity index (χ1n) is 13.3. The van der Waals surface area contributed by atoms with Crippen molar-refractivity contribution in [1.82, 2.24) is 0 Å². The Morgan fingerprint density at radius 1 is 0.800 bits per heavy atom. The number of hydrogen-bond donors (Lipinski definition) is 0. The molecular formula is C29H45N. The van der Waals surface area contributed by atoms with E-state index in [1.165, 1.54) is 69.9 Å². The monoisotopic (exact) mass is 407 g/mol. The van der Waals surface area contributed by atoms with Crippen LogP contribution in [-0.2, 0) is 0 Å². The third-order valence-corrected chi connectivity index (χ3v) is 10.7. The molecule has 0 amide bonds. The van der Waals surface area contributed by atoms with Crippen LogP contribution in [0.4, 0.5) is 5.69 Å². The Bertz CT molecular complexity index is 733. The van der Waals surface area contributed by atoms with Crippen LogP contribution in [0.2, 0.25) is 0 Å². The van der Waals surface area contributed by atoms with E-state index in [-0.39, 0.29) is 0 Å². The van der Waals surface area contributed by atoms with Crippen molar-refractivity contribution in [3.8, 4) is 0 Å². The zero-order valence-corrected chi connectivity index (χ0v) is 20.1. The van der Waals surface area contributed by atoms with E-state index >= 15 is 0 Å². The highest BCUT2D eigenvalue weighted by Gasteiger charge is 2.59. The van der Waals surface area contributed by atoms with E-state index in [0.29, 0.717) is 10.8 Å². The molecule has 1 nitrogen and oxygen atoms in total. The summed E-state index contributed by atoms with van der Waals surface area (Å²) in [5, 5.41) is 0. The maximum atomic E-state index is 2.68. The van der Waals surface area contributed by atoms with Gasteiger partial charge in [-0.15, -0.1) is 0 Å². The number of benzene rings is 1. The van der Waals surface area contributed by atoms with Crippen LogP contribution in [0, 0.1) is 34.5 Å². The third kappa shape index (κ3) is 3.25. The van der Waals surface area contributed by atoms with E-state index in [1.807, 2.05) is 0 Å². The van der Waals surface area contributed by atoms with Crippen molar-refractivity contribution < 1.29 is 0 Å². The van der Waals surface area contributed by atoms with E-state index in [0.717, 1.165) is 42.7 Å². The van der Waals surface area contributed by atoms with Crippen molar-refractivity contribution in [3.05, 3.63) is 29.8 Å². The summed E-state index contributed by atoms with van der Waals surface area (Å²) in [7, 11) is 0. The first-order valence-corrected chi connectivity index (χ1v) is 13.3. The van der Waals surface area contributed by atoms with Crippen LogP contribution in [0.3, 0.4) is 0 Å². The van der Waals surface area contributed by atoms with Crippen LogP contribution in [0.5, 0.6) is 0 Å². The Labute approximate surface area is 186 Å². The summed E-state index contributed by atoms with van der Waals surface area (Å²) in [5.41, 5.74) is 4.31. The average Bonchev–Trinajstić information content (AvgIpc) is 3.15. The fourth-order valence-corrected chi connectivity index (χ4v) is 9.17. The molecule has 0 aromatic heterocycles. The Hall–Kier alpha value is -0.980. The van der Waals surface area contributed by atoms with Crippen molar-refractivity contribution in [3.63, 3.8) is 0 Å². The molecule has 0 bridgehead atoms. The second-order valence-electron chi connectivity index (χ2n) is 12.0. The Balaban J connectivity index is 1.52. The van der Waals surface area contributed by atoms with Gasteiger partial charge in [0.1, 0.15) is 0 Å². The Morgan fingerprint density at radius 2 is 1.50 bits per heavy atom. The van der Waals surface area contributed by atoms with Crippen molar-refractivity contribution in [2.75, 3.05) is 18.0 Å². The largest absolute Gasteiger partial charge is 0.372 e. The maximum Gasteiger partial charge on any atom is 0.0366 e. The van der Waals surface area contributed by atoms with Gasteiger partial charge in [0.2, 0.25) is 0 Å². The van der Waals surface area contributed by atoms with Gasteiger partial charge in [0, 0.05) is 18.8 Å². The first kappa shape index (κ1) is 20.9. The first-order chi connectivity index (χ1) is 14.5. The molecule has 0 spiro atoms. The molecule has 4 fully saturated rings. The van der Waals surface area contributed by atoms with Gasteiger partial charge in [0.15, 0.2) is 0 Å². The highest BCUT2D eigenvalue weighted by atomic mass is 15.1. The molecule has 7 atom stereocenters. The summed E-state index contributed by atoms with van der Waals surface area (Å²) in [6, 6.07) is 9.93. The maximum absolute atomic E-state index is 2.68. The quantitative estimate of drug-likeness (QED) is 0.488. The SMILES string of the molecule is CCN(CC)c1ccc(C2CC3(C)CCCC3C3CCC4(C)CCCCC4C23)cc1. The van der Waals surface area contributed by atoms with Gasteiger partial charge >= 0.3 is 0 Å². The molecule has 7 unspecified atom stereocenters. The zero-order chi connectivity index (χ0) is 20.9. The molecule has 0 aliphatic heterocycles. The number of nitrogens with zero attached hydrogens (tertiary/aromatic N) is 1. The van der Waals surface area contributed by atoms with Crippen molar-refractivity contribution in [2.24, 2.45) is 34.5 Å². The predicted octanol–water partition coefficient (Wildman–Crippen LogP) is 8.05. The molecule has 166 valence electrons. The predicted molar refractivity (Wildman–Crippen MR) is 129 cm³/mol. The number of rotatable bonds is 4. The molecule has 4 aliphatic rings. The minimum Gasteiger partial charge on any atom is -0.372 e. The van der Waals surface area contributed by atoms with Crippen LogP contribution in [-0.4, -0.2) is 13.1 Å². The average molecular weight is 408 g/mol. The lowest BCUT2D eigenvalue weighted by molar-refractivity contribution is -0.0989. The molecule has 30 heavy (non-hydrogen) atoms. The van der Waals surface area contributed by atoms with Crippen LogP contribution in [0.25, 0.3) is 0 Å². The van der Waals surface area contributed by atoms with Crippen LogP contribution < -0.4 is 4.90 Å². The molecule has 0 heterocycles. The van der Waals surface area contributed by atoms with Gasteiger partial charge in [-0.3, -0.25) is 0 Å². The molecule has 0 saturated heterocycles. The van der Waals surface area contributed by atoms with E-state index in [2.05, 4.69) is 56.9 Å². The summed E-state index contributed by atoms with van der Waals surface area (Å²) < 4.78 is 0. The number of fused-ring (bicyclic) bond motifs is 5. The van der Waals surface area contributed by atoms with E-state index in [4.69, 9.17) is 0 Å². The number of anilines is 1. The molecule has 1 aromatic carbocycles. The number of hydrogen-bond acceptors (Lipinski definition) is 1.